The lowest BCUT2D eigenvalue weighted by Crippen LogP contribution is -2.32. The Kier molecular flexibility index (Phi) is 7.72. The van der Waals surface area contributed by atoms with Gasteiger partial charge in [-0.1, -0.05) is 66.5 Å². The summed E-state index contributed by atoms with van der Waals surface area (Å²) in [7, 11) is 0. The summed E-state index contributed by atoms with van der Waals surface area (Å²) in [5.74, 6) is -2.20. The molecule has 0 radical (unpaired) electrons. The lowest BCUT2D eigenvalue weighted by molar-refractivity contribution is -0.137. The fourth-order valence-corrected chi connectivity index (χ4v) is 5.44. The quantitative estimate of drug-likeness (QED) is 0.207. The van der Waals surface area contributed by atoms with Gasteiger partial charge in [0.05, 0.1) is 18.4 Å². The van der Waals surface area contributed by atoms with Crippen molar-refractivity contribution in [3.8, 4) is 22.9 Å². The van der Waals surface area contributed by atoms with E-state index in [9.17, 15) is 14.3 Å². The number of hydrogen-bond donors (Lipinski definition) is 2. The fourth-order valence-electron chi connectivity index (χ4n) is 5.44. The zero-order valence-corrected chi connectivity index (χ0v) is 22.6. The van der Waals surface area contributed by atoms with Crippen molar-refractivity contribution in [3.63, 3.8) is 0 Å². The molecule has 0 amide bonds. The van der Waals surface area contributed by atoms with Crippen molar-refractivity contribution < 1.29 is 23.2 Å². The third-order valence-electron chi connectivity index (χ3n) is 7.57. The van der Waals surface area contributed by atoms with E-state index in [1.54, 1.807) is 47.1 Å². The summed E-state index contributed by atoms with van der Waals surface area (Å²) in [6.07, 6.45) is 6.65. The number of carbonyl (C=O) groups is 1. The van der Waals surface area contributed by atoms with Crippen molar-refractivity contribution >= 4 is 11.8 Å². The minimum atomic E-state index is -1.15. The summed E-state index contributed by atoms with van der Waals surface area (Å²) in [4.78, 5) is 20.4. The predicted octanol–water partition coefficient (Wildman–Crippen LogP) is 6.09. The highest BCUT2D eigenvalue weighted by atomic mass is 19.1. The van der Waals surface area contributed by atoms with Gasteiger partial charge in [-0.15, -0.1) is 0 Å². The van der Waals surface area contributed by atoms with Crippen LogP contribution < -0.4 is 5.32 Å². The van der Waals surface area contributed by atoms with Crippen molar-refractivity contribution in [2.75, 3.05) is 5.32 Å². The van der Waals surface area contributed by atoms with Crippen molar-refractivity contribution in [2.24, 2.45) is 0 Å². The van der Waals surface area contributed by atoms with E-state index in [0.29, 0.717) is 17.0 Å². The second-order valence-corrected chi connectivity index (χ2v) is 10.4. The smallest absolute Gasteiger partial charge is 0.326 e. The molecule has 214 valence electrons. The van der Waals surface area contributed by atoms with Gasteiger partial charge >= 0.3 is 5.97 Å². The maximum atomic E-state index is 15.7. The molecule has 1 saturated carbocycles. The number of anilines is 1. The normalized spacial score (nSPS) is 14.2. The molecule has 0 unspecified atom stereocenters. The van der Waals surface area contributed by atoms with Gasteiger partial charge in [-0.05, 0) is 36.0 Å². The Morgan fingerprint density at radius 2 is 1.88 bits per heavy atom. The number of nitrogens with zero attached hydrogens (tertiary/aromatic N) is 5. The SMILES string of the molecule is O=C(O)[C@@H](Cc1ccccc1)Nc1nc(-c2cc(-c3ccon3)n(Cc3cccc(C4CCCC4)c3F)n2)ncc1F. The summed E-state index contributed by atoms with van der Waals surface area (Å²) in [5.41, 5.74) is 3.24. The lowest BCUT2D eigenvalue weighted by atomic mass is 9.95. The standard InChI is InChI=1S/C31H28F2N6O3/c32-23-17-34-30(36-29(23)35-26(31(40)41)15-19-7-2-1-3-8-19)25-16-27(24-13-14-42-38-24)39(37-25)18-21-11-6-12-22(28(21)33)20-9-4-5-10-20/h1-3,6-8,11-14,16-17,20,26H,4-5,9-10,15,18H2,(H,40,41)(H,34,35,36)/t26-/m1/s1. The van der Waals surface area contributed by atoms with Gasteiger partial charge in [-0.2, -0.15) is 5.10 Å². The third kappa shape index (κ3) is 5.76. The second kappa shape index (κ2) is 11.9. The van der Waals surface area contributed by atoms with Crippen LogP contribution in [0.1, 0.15) is 48.3 Å². The molecule has 1 fully saturated rings. The molecular weight excluding hydrogens is 542 g/mol. The minimum Gasteiger partial charge on any atom is -0.480 e. The van der Waals surface area contributed by atoms with Crippen molar-refractivity contribution in [2.45, 2.75) is 50.6 Å². The largest absolute Gasteiger partial charge is 0.480 e. The number of nitrogens with one attached hydrogen (secondary N) is 1. The Labute approximate surface area is 240 Å². The van der Waals surface area contributed by atoms with Gasteiger partial charge in [0.2, 0.25) is 0 Å². The number of hydrogen-bond acceptors (Lipinski definition) is 7. The first-order chi connectivity index (χ1) is 20.5. The zero-order valence-electron chi connectivity index (χ0n) is 22.6. The molecule has 0 saturated heterocycles. The monoisotopic (exact) mass is 570 g/mol. The van der Waals surface area contributed by atoms with Crippen LogP contribution in [0.15, 0.2) is 77.6 Å². The van der Waals surface area contributed by atoms with Crippen molar-refractivity contribution in [1.29, 1.82) is 0 Å². The van der Waals surface area contributed by atoms with Gasteiger partial charge in [-0.3, -0.25) is 4.68 Å². The molecular formula is C31H28F2N6O3. The summed E-state index contributed by atoms with van der Waals surface area (Å²) in [6.45, 7) is 0.110. The molecule has 0 aliphatic heterocycles. The number of halogens is 2. The van der Waals surface area contributed by atoms with Gasteiger partial charge in [0.15, 0.2) is 17.5 Å². The van der Waals surface area contributed by atoms with Gasteiger partial charge in [0.25, 0.3) is 0 Å². The molecule has 1 aliphatic rings. The average molecular weight is 571 g/mol. The first-order valence-corrected chi connectivity index (χ1v) is 13.8. The molecule has 2 aromatic carbocycles. The second-order valence-electron chi connectivity index (χ2n) is 10.4. The van der Waals surface area contributed by atoms with E-state index >= 15 is 4.39 Å². The van der Waals surface area contributed by atoms with Crippen LogP contribution in [0.2, 0.25) is 0 Å². The van der Waals surface area contributed by atoms with Crippen LogP contribution in [0, 0.1) is 11.6 Å². The molecule has 6 rings (SSSR count). The van der Waals surface area contributed by atoms with E-state index in [1.807, 2.05) is 18.2 Å². The number of rotatable bonds is 10. The highest BCUT2D eigenvalue weighted by molar-refractivity contribution is 5.77. The van der Waals surface area contributed by atoms with E-state index in [1.165, 1.54) is 6.26 Å². The van der Waals surface area contributed by atoms with Crippen molar-refractivity contribution in [3.05, 3.63) is 101 Å². The highest BCUT2D eigenvalue weighted by Crippen LogP contribution is 2.36. The molecule has 2 N–H and O–H groups in total. The Morgan fingerprint density at radius 1 is 1.07 bits per heavy atom. The van der Waals surface area contributed by atoms with E-state index in [2.05, 4.69) is 25.5 Å². The maximum Gasteiger partial charge on any atom is 0.326 e. The molecule has 11 heteroatoms. The molecule has 5 aromatic rings. The van der Waals surface area contributed by atoms with Crippen LogP contribution in [-0.4, -0.2) is 42.0 Å². The van der Waals surface area contributed by atoms with Crippen molar-refractivity contribution in [1.82, 2.24) is 24.9 Å². The molecule has 3 aromatic heterocycles. The van der Waals surface area contributed by atoms with E-state index in [-0.39, 0.29) is 42.0 Å². The minimum absolute atomic E-state index is 0.0615. The van der Waals surface area contributed by atoms with Crippen LogP contribution in [0.4, 0.5) is 14.6 Å². The van der Waals surface area contributed by atoms with Gasteiger partial charge in [-0.25, -0.2) is 23.5 Å². The Morgan fingerprint density at radius 3 is 2.62 bits per heavy atom. The number of benzene rings is 2. The first-order valence-electron chi connectivity index (χ1n) is 13.8. The lowest BCUT2D eigenvalue weighted by Gasteiger charge is -2.16. The first kappa shape index (κ1) is 27.3. The maximum absolute atomic E-state index is 15.7. The van der Waals surface area contributed by atoms with E-state index < -0.39 is 17.8 Å². The van der Waals surface area contributed by atoms with E-state index in [4.69, 9.17) is 4.52 Å². The fraction of sp³-hybridized carbons (Fsp3) is 0.258. The number of aromatic nitrogens is 5. The van der Waals surface area contributed by atoms with Crippen LogP contribution in [0.25, 0.3) is 22.9 Å². The Bertz CT molecular complexity index is 1680. The number of carboxylic acids is 1. The molecule has 1 atom stereocenters. The zero-order chi connectivity index (χ0) is 29.1. The van der Waals surface area contributed by atoms with Crippen LogP contribution >= 0.6 is 0 Å². The molecule has 1 aliphatic carbocycles. The van der Waals surface area contributed by atoms with E-state index in [0.717, 1.165) is 43.0 Å². The summed E-state index contributed by atoms with van der Waals surface area (Å²) >= 11 is 0. The molecule has 42 heavy (non-hydrogen) atoms. The predicted molar refractivity (Wildman–Crippen MR) is 151 cm³/mol. The summed E-state index contributed by atoms with van der Waals surface area (Å²) < 4.78 is 37.1. The molecule has 3 heterocycles. The average Bonchev–Trinajstić information content (AvgIpc) is 3.78. The Balaban J connectivity index is 1.32. The molecule has 0 bridgehead atoms. The van der Waals surface area contributed by atoms with Crippen LogP contribution in [0.5, 0.6) is 0 Å². The van der Waals surface area contributed by atoms with Gasteiger partial charge < -0.3 is 14.9 Å². The number of carboxylic acid groups (broad SMARTS) is 1. The van der Waals surface area contributed by atoms with Crippen LogP contribution in [-0.2, 0) is 17.8 Å². The van der Waals surface area contributed by atoms with Crippen LogP contribution in [0.3, 0.4) is 0 Å². The third-order valence-corrected chi connectivity index (χ3v) is 7.57. The topological polar surface area (TPSA) is 119 Å². The summed E-state index contributed by atoms with van der Waals surface area (Å²) in [5, 5.41) is 21.1. The summed E-state index contributed by atoms with van der Waals surface area (Å²) in [6, 6.07) is 16.7. The number of aliphatic carboxylic acids is 1. The highest BCUT2D eigenvalue weighted by Gasteiger charge is 2.24. The molecule has 9 nitrogen and oxygen atoms in total. The van der Waals surface area contributed by atoms with Gasteiger partial charge in [0.1, 0.15) is 29.5 Å². The Hall–Kier alpha value is -4.93. The van der Waals surface area contributed by atoms with Gasteiger partial charge in [0, 0.05) is 18.1 Å². The molecule has 0 spiro atoms.